The van der Waals surface area contributed by atoms with Gasteiger partial charge in [-0.1, -0.05) is 29.3 Å². The number of nitrogens with zero attached hydrogens (tertiary/aromatic N) is 1. The van der Waals surface area contributed by atoms with Crippen LogP contribution in [0.5, 0.6) is 5.75 Å². The fourth-order valence-corrected chi connectivity index (χ4v) is 2.53. The molecule has 0 radical (unpaired) electrons. The van der Waals surface area contributed by atoms with Crippen molar-refractivity contribution in [1.82, 2.24) is 4.90 Å². The lowest BCUT2D eigenvalue weighted by Gasteiger charge is -2.17. The number of carbonyl (C=O) groups excluding carboxylic acids is 2. The molecule has 0 aliphatic heterocycles. The highest BCUT2D eigenvalue weighted by Gasteiger charge is 2.16. The van der Waals surface area contributed by atoms with Crippen LogP contribution in [0, 0.1) is 0 Å². The number of methoxy groups -OCH3 is 1. The maximum atomic E-state index is 12.3. The molecule has 0 saturated heterocycles. The van der Waals surface area contributed by atoms with Crippen molar-refractivity contribution in [2.45, 2.75) is 0 Å². The van der Waals surface area contributed by atoms with Gasteiger partial charge < -0.3 is 15.0 Å². The Morgan fingerprint density at radius 2 is 1.67 bits per heavy atom. The number of ether oxygens (including phenoxy) is 1. The molecule has 7 heteroatoms. The normalized spacial score (nSPS) is 10.2. The molecule has 2 aromatic carbocycles. The van der Waals surface area contributed by atoms with Crippen LogP contribution in [-0.4, -0.2) is 37.4 Å². The minimum Gasteiger partial charge on any atom is -0.497 e. The van der Waals surface area contributed by atoms with Gasteiger partial charge in [0.05, 0.1) is 29.4 Å². The highest BCUT2D eigenvalue weighted by atomic mass is 35.5. The minimum absolute atomic E-state index is 0.133. The number of anilines is 1. The zero-order valence-electron chi connectivity index (χ0n) is 13.2. The Labute approximate surface area is 150 Å². The van der Waals surface area contributed by atoms with Crippen LogP contribution >= 0.6 is 23.2 Å². The topological polar surface area (TPSA) is 58.6 Å². The standard InChI is InChI=1S/C17H16Cl2N2O3/c1-21(17(23)11-6-8-12(24-2)9-7-11)10-15(22)20-16-13(18)4-3-5-14(16)19/h3-9H,10H2,1-2H3,(H,20,22). The molecule has 24 heavy (non-hydrogen) atoms. The number of halogens is 2. The van der Waals surface area contributed by atoms with Crippen LogP contribution in [0.1, 0.15) is 10.4 Å². The van der Waals surface area contributed by atoms with Crippen molar-refractivity contribution in [1.29, 1.82) is 0 Å². The second kappa shape index (κ2) is 8.04. The van der Waals surface area contributed by atoms with Crippen molar-refractivity contribution in [2.75, 3.05) is 26.0 Å². The summed E-state index contributed by atoms with van der Waals surface area (Å²) < 4.78 is 5.05. The second-order valence-electron chi connectivity index (χ2n) is 5.03. The first-order valence-corrected chi connectivity index (χ1v) is 7.81. The Balaban J connectivity index is 2.01. The summed E-state index contributed by atoms with van der Waals surface area (Å²) in [6, 6.07) is 11.6. The number of amides is 2. The Bertz CT molecular complexity index is 728. The fraction of sp³-hybridized carbons (Fsp3) is 0.176. The number of rotatable bonds is 5. The van der Waals surface area contributed by atoms with E-state index < -0.39 is 5.91 Å². The molecule has 0 saturated carbocycles. The van der Waals surface area contributed by atoms with E-state index in [1.807, 2.05) is 0 Å². The van der Waals surface area contributed by atoms with Gasteiger partial charge in [-0.05, 0) is 36.4 Å². The summed E-state index contributed by atoms with van der Waals surface area (Å²) in [5.41, 5.74) is 0.790. The van der Waals surface area contributed by atoms with Gasteiger partial charge in [0.25, 0.3) is 5.91 Å². The molecule has 0 unspecified atom stereocenters. The summed E-state index contributed by atoms with van der Waals surface area (Å²) >= 11 is 12.0. The predicted octanol–water partition coefficient (Wildman–Crippen LogP) is 3.71. The number of para-hydroxylation sites is 1. The third kappa shape index (κ3) is 4.40. The number of hydrogen-bond acceptors (Lipinski definition) is 3. The molecule has 0 aromatic heterocycles. The summed E-state index contributed by atoms with van der Waals surface area (Å²) in [7, 11) is 3.09. The zero-order valence-corrected chi connectivity index (χ0v) is 14.7. The van der Waals surface area contributed by atoms with Gasteiger partial charge in [0.15, 0.2) is 0 Å². The molecule has 5 nitrogen and oxygen atoms in total. The molecule has 1 N–H and O–H groups in total. The van der Waals surface area contributed by atoms with Crippen molar-refractivity contribution < 1.29 is 14.3 Å². The molecule has 0 heterocycles. The van der Waals surface area contributed by atoms with E-state index in [9.17, 15) is 9.59 Å². The van der Waals surface area contributed by atoms with E-state index in [0.717, 1.165) is 0 Å². The SMILES string of the molecule is COc1ccc(C(=O)N(C)CC(=O)Nc2c(Cl)cccc2Cl)cc1. The predicted molar refractivity (Wildman–Crippen MR) is 95.0 cm³/mol. The van der Waals surface area contributed by atoms with Crippen molar-refractivity contribution in [3.8, 4) is 5.75 Å². The number of carbonyl (C=O) groups is 2. The molecule has 0 fully saturated rings. The van der Waals surface area contributed by atoms with Gasteiger partial charge in [0, 0.05) is 12.6 Å². The van der Waals surface area contributed by atoms with E-state index in [2.05, 4.69) is 5.32 Å². The average Bonchev–Trinajstić information content (AvgIpc) is 2.57. The first-order valence-electron chi connectivity index (χ1n) is 7.05. The zero-order chi connectivity index (χ0) is 17.7. The molecule has 2 aromatic rings. The largest absolute Gasteiger partial charge is 0.497 e. The average molecular weight is 367 g/mol. The molecule has 0 bridgehead atoms. The van der Waals surface area contributed by atoms with Crippen molar-refractivity contribution in [3.63, 3.8) is 0 Å². The molecular weight excluding hydrogens is 351 g/mol. The second-order valence-corrected chi connectivity index (χ2v) is 5.85. The molecule has 2 rings (SSSR count). The summed E-state index contributed by atoms with van der Waals surface area (Å²) in [6.07, 6.45) is 0. The summed E-state index contributed by atoms with van der Waals surface area (Å²) in [5, 5.41) is 3.28. The van der Waals surface area contributed by atoms with Crippen LogP contribution < -0.4 is 10.1 Å². The molecule has 0 aliphatic rings. The first-order chi connectivity index (χ1) is 11.4. The quantitative estimate of drug-likeness (QED) is 0.877. The monoisotopic (exact) mass is 366 g/mol. The maximum Gasteiger partial charge on any atom is 0.254 e. The lowest BCUT2D eigenvalue weighted by Crippen LogP contribution is -2.35. The van der Waals surface area contributed by atoms with Crippen LogP contribution in [0.25, 0.3) is 0 Å². The van der Waals surface area contributed by atoms with Crippen LogP contribution in [-0.2, 0) is 4.79 Å². The Hall–Kier alpha value is -2.24. The molecular formula is C17H16Cl2N2O3. The Morgan fingerprint density at radius 3 is 2.21 bits per heavy atom. The van der Waals surface area contributed by atoms with E-state index >= 15 is 0 Å². The van der Waals surface area contributed by atoms with Gasteiger partial charge in [0.2, 0.25) is 5.91 Å². The summed E-state index contributed by atoms with van der Waals surface area (Å²) in [6.45, 7) is -0.133. The molecule has 126 valence electrons. The van der Waals surface area contributed by atoms with E-state index in [1.54, 1.807) is 56.6 Å². The highest BCUT2D eigenvalue weighted by molar-refractivity contribution is 6.39. The first kappa shape index (κ1) is 18.1. The molecule has 0 spiro atoms. The van der Waals surface area contributed by atoms with E-state index in [-0.39, 0.29) is 12.5 Å². The summed E-state index contributed by atoms with van der Waals surface area (Å²) in [5.74, 6) is -0.0206. The van der Waals surface area contributed by atoms with Gasteiger partial charge in [-0.25, -0.2) is 0 Å². The van der Waals surface area contributed by atoms with Gasteiger partial charge in [-0.2, -0.15) is 0 Å². The van der Waals surface area contributed by atoms with Crippen molar-refractivity contribution in [2.24, 2.45) is 0 Å². The van der Waals surface area contributed by atoms with E-state index in [4.69, 9.17) is 27.9 Å². The van der Waals surface area contributed by atoms with Gasteiger partial charge in [0.1, 0.15) is 5.75 Å². The third-order valence-electron chi connectivity index (χ3n) is 3.29. The van der Waals surface area contributed by atoms with Crippen LogP contribution in [0.3, 0.4) is 0 Å². The number of hydrogen-bond donors (Lipinski definition) is 1. The lowest BCUT2D eigenvalue weighted by molar-refractivity contribution is -0.116. The lowest BCUT2D eigenvalue weighted by atomic mass is 10.2. The van der Waals surface area contributed by atoms with Gasteiger partial charge in [-0.3, -0.25) is 9.59 Å². The molecule has 0 atom stereocenters. The Morgan fingerprint density at radius 1 is 1.08 bits per heavy atom. The van der Waals surface area contributed by atoms with Crippen LogP contribution in [0.2, 0.25) is 10.0 Å². The molecule has 2 amide bonds. The van der Waals surface area contributed by atoms with Crippen LogP contribution in [0.4, 0.5) is 5.69 Å². The van der Waals surface area contributed by atoms with Gasteiger partial charge in [-0.15, -0.1) is 0 Å². The number of nitrogens with one attached hydrogen (secondary N) is 1. The minimum atomic E-state index is -0.394. The fourth-order valence-electron chi connectivity index (χ4n) is 2.04. The molecule has 0 aliphatic carbocycles. The van der Waals surface area contributed by atoms with Crippen molar-refractivity contribution >= 4 is 40.7 Å². The number of benzene rings is 2. The summed E-state index contributed by atoms with van der Waals surface area (Å²) in [4.78, 5) is 25.7. The van der Waals surface area contributed by atoms with E-state index in [0.29, 0.717) is 27.0 Å². The maximum absolute atomic E-state index is 12.3. The van der Waals surface area contributed by atoms with E-state index in [1.165, 1.54) is 4.90 Å². The van der Waals surface area contributed by atoms with Crippen molar-refractivity contribution in [3.05, 3.63) is 58.1 Å². The Kier molecular flexibility index (Phi) is 6.06. The van der Waals surface area contributed by atoms with Gasteiger partial charge >= 0.3 is 0 Å². The van der Waals surface area contributed by atoms with Crippen LogP contribution in [0.15, 0.2) is 42.5 Å². The number of likely N-dealkylation sites (N-methyl/N-ethyl adjacent to an activating group) is 1. The smallest absolute Gasteiger partial charge is 0.254 e. The third-order valence-corrected chi connectivity index (χ3v) is 3.92. The highest BCUT2D eigenvalue weighted by Crippen LogP contribution is 2.29.